The van der Waals surface area contributed by atoms with E-state index in [1.54, 1.807) is 6.08 Å². The molecule has 0 aromatic carbocycles. The largest absolute Gasteiger partial charge is 0.481 e. The van der Waals surface area contributed by atoms with Crippen LogP contribution < -0.4 is 0 Å². The maximum atomic E-state index is 12.2. The number of carbonyl (C=O) groups excluding carboxylic acids is 1. The second-order valence-electron chi connectivity index (χ2n) is 7.65. The Hall–Kier alpha value is -1.24. The third kappa shape index (κ3) is 9.49. The topological polar surface area (TPSA) is 104 Å². The van der Waals surface area contributed by atoms with E-state index in [0.29, 0.717) is 6.42 Å². The van der Waals surface area contributed by atoms with Crippen LogP contribution in [0.5, 0.6) is 0 Å². The van der Waals surface area contributed by atoms with Gasteiger partial charge in [-0.25, -0.2) is 4.89 Å². The number of carbonyl (C=O) groups is 2. The number of aliphatic hydroxyl groups excluding tert-OH is 1. The quantitative estimate of drug-likeness (QED) is 0.168. The van der Waals surface area contributed by atoms with Crippen LogP contribution in [0.3, 0.4) is 0 Å². The highest BCUT2D eigenvalue weighted by atomic mass is 17.1. The molecule has 0 radical (unpaired) electrons. The summed E-state index contributed by atoms with van der Waals surface area (Å²) in [4.78, 5) is 27.2. The van der Waals surface area contributed by atoms with Crippen molar-refractivity contribution in [3.63, 3.8) is 0 Å². The Balaban J connectivity index is 2.41. The van der Waals surface area contributed by atoms with Gasteiger partial charge in [-0.2, -0.15) is 0 Å². The van der Waals surface area contributed by atoms with Crippen LogP contribution in [0.4, 0.5) is 0 Å². The summed E-state index contributed by atoms with van der Waals surface area (Å²) >= 11 is 0. The molecule has 0 aromatic heterocycles. The molecule has 3 N–H and O–H groups in total. The first kappa shape index (κ1) is 23.8. The minimum atomic E-state index is -0.755. The van der Waals surface area contributed by atoms with E-state index in [4.69, 9.17) is 10.4 Å². The maximum Gasteiger partial charge on any atom is 0.303 e. The normalized spacial score (nSPS) is 24.0. The minimum Gasteiger partial charge on any atom is -0.481 e. The van der Waals surface area contributed by atoms with Crippen LogP contribution in [0.15, 0.2) is 12.2 Å². The summed E-state index contributed by atoms with van der Waals surface area (Å²) in [5.41, 5.74) is 0. The monoisotopic (exact) mass is 384 g/mol. The lowest BCUT2D eigenvalue weighted by atomic mass is 9.88. The van der Waals surface area contributed by atoms with Gasteiger partial charge in [0, 0.05) is 24.7 Å². The van der Waals surface area contributed by atoms with Crippen LogP contribution in [0.1, 0.15) is 84.0 Å². The molecule has 4 atom stereocenters. The van der Waals surface area contributed by atoms with Gasteiger partial charge in [0.25, 0.3) is 0 Å². The van der Waals surface area contributed by atoms with Gasteiger partial charge >= 0.3 is 5.97 Å². The van der Waals surface area contributed by atoms with E-state index in [2.05, 4.69) is 11.8 Å². The van der Waals surface area contributed by atoms with Crippen molar-refractivity contribution in [2.45, 2.75) is 96.2 Å². The van der Waals surface area contributed by atoms with E-state index < -0.39 is 18.2 Å². The van der Waals surface area contributed by atoms with Crippen LogP contribution in [0, 0.1) is 11.8 Å². The fourth-order valence-corrected chi connectivity index (χ4v) is 3.79. The molecule has 6 heteroatoms. The third-order valence-electron chi connectivity index (χ3n) is 5.41. The molecule has 1 unspecified atom stereocenters. The van der Waals surface area contributed by atoms with Gasteiger partial charge in [0.2, 0.25) is 0 Å². The summed E-state index contributed by atoms with van der Waals surface area (Å²) in [5.74, 6) is -1.04. The Morgan fingerprint density at radius 3 is 2.56 bits per heavy atom. The van der Waals surface area contributed by atoms with Crippen molar-refractivity contribution in [2.24, 2.45) is 11.8 Å². The fourth-order valence-electron chi connectivity index (χ4n) is 3.79. The molecule has 1 rings (SSSR count). The number of rotatable bonds is 15. The predicted molar refractivity (Wildman–Crippen MR) is 103 cm³/mol. The summed E-state index contributed by atoms with van der Waals surface area (Å²) in [6.45, 7) is 2.11. The molecule has 0 bridgehead atoms. The van der Waals surface area contributed by atoms with Crippen molar-refractivity contribution in [1.82, 2.24) is 0 Å². The van der Waals surface area contributed by atoms with Gasteiger partial charge in [0.15, 0.2) is 0 Å². The number of hydrogen-bond acceptors (Lipinski definition) is 5. The molecule has 1 aliphatic rings. The highest BCUT2D eigenvalue weighted by Crippen LogP contribution is 2.34. The second-order valence-corrected chi connectivity index (χ2v) is 7.65. The Labute approximate surface area is 162 Å². The highest BCUT2D eigenvalue weighted by Gasteiger charge is 2.39. The Morgan fingerprint density at radius 1 is 1.19 bits per heavy atom. The number of aliphatic hydroxyl groups is 1. The molecular weight excluding hydrogens is 348 g/mol. The van der Waals surface area contributed by atoms with Crippen LogP contribution in [0.25, 0.3) is 0 Å². The number of ketones is 1. The Morgan fingerprint density at radius 2 is 1.89 bits per heavy atom. The molecule has 0 amide bonds. The van der Waals surface area contributed by atoms with Gasteiger partial charge in [-0.05, 0) is 19.3 Å². The first-order valence-corrected chi connectivity index (χ1v) is 10.4. The average Bonchev–Trinajstić information content (AvgIpc) is 2.90. The molecule has 6 nitrogen and oxygen atoms in total. The number of hydrogen-bond donors (Lipinski definition) is 3. The molecule has 0 aromatic rings. The first-order valence-electron chi connectivity index (χ1n) is 10.4. The van der Waals surface area contributed by atoms with E-state index >= 15 is 0 Å². The van der Waals surface area contributed by atoms with Gasteiger partial charge in [-0.1, -0.05) is 64.0 Å². The first-order chi connectivity index (χ1) is 13.0. The summed E-state index contributed by atoms with van der Waals surface area (Å²) in [6.07, 6.45) is 12.0. The van der Waals surface area contributed by atoms with Crippen molar-refractivity contribution < 1.29 is 29.9 Å². The van der Waals surface area contributed by atoms with Gasteiger partial charge in [-0.3, -0.25) is 14.8 Å². The van der Waals surface area contributed by atoms with E-state index in [0.717, 1.165) is 57.8 Å². The molecule has 156 valence electrons. The summed E-state index contributed by atoms with van der Waals surface area (Å²) < 4.78 is 0. The van der Waals surface area contributed by atoms with Crippen molar-refractivity contribution in [3.8, 4) is 0 Å². The highest BCUT2D eigenvalue weighted by molar-refractivity contribution is 5.84. The van der Waals surface area contributed by atoms with Crippen LogP contribution >= 0.6 is 0 Å². The van der Waals surface area contributed by atoms with Crippen LogP contribution in [-0.4, -0.2) is 39.4 Å². The van der Waals surface area contributed by atoms with Gasteiger partial charge in [0.1, 0.15) is 11.9 Å². The van der Waals surface area contributed by atoms with Crippen LogP contribution in [0.2, 0.25) is 0 Å². The standard InChI is InChI=1S/C21H36O6/c1-2-3-7-10-16(27-26)13-14-18-17(19(22)15-20(18)23)11-8-5-4-6-9-12-21(24)25/h13-14,16-18,20,23,26H,2-12,15H2,1H3,(H,24,25)/t16?,17-,18-,20-/m1/s1. The fraction of sp³-hybridized carbons (Fsp3) is 0.810. The number of carboxylic acid groups (broad SMARTS) is 1. The number of Topliss-reactive ketones (excluding diaryl/α,β-unsaturated/α-hetero) is 1. The zero-order chi connectivity index (χ0) is 20.1. The molecule has 1 aliphatic carbocycles. The lowest BCUT2D eigenvalue weighted by Crippen LogP contribution is -2.19. The Kier molecular flexibility index (Phi) is 12.2. The van der Waals surface area contributed by atoms with E-state index in [-0.39, 0.29) is 30.5 Å². The molecule has 27 heavy (non-hydrogen) atoms. The Bertz CT molecular complexity index is 462. The average molecular weight is 385 g/mol. The van der Waals surface area contributed by atoms with Gasteiger partial charge < -0.3 is 10.2 Å². The SMILES string of the molecule is CCCCCC(C=C[C@H]1[C@H](O)CC(=O)[C@@H]1CCCCCCCC(=O)O)OO. The van der Waals surface area contributed by atoms with Crippen molar-refractivity contribution >= 4 is 11.8 Å². The molecule has 0 aliphatic heterocycles. The maximum absolute atomic E-state index is 12.2. The lowest BCUT2D eigenvalue weighted by Gasteiger charge is -2.18. The van der Waals surface area contributed by atoms with Crippen LogP contribution in [-0.2, 0) is 14.5 Å². The zero-order valence-electron chi connectivity index (χ0n) is 16.5. The summed E-state index contributed by atoms with van der Waals surface area (Å²) in [5, 5.41) is 27.9. The van der Waals surface area contributed by atoms with E-state index in [9.17, 15) is 14.7 Å². The molecular formula is C21H36O6. The minimum absolute atomic E-state index is 0.107. The molecule has 0 heterocycles. The predicted octanol–water partition coefficient (Wildman–Crippen LogP) is 4.36. The number of aliphatic carboxylic acids is 1. The van der Waals surface area contributed by atoms with Crippen molar-refractivity contribution in [3.05, 3.63) is 12.2 Å². The number of carboxylic acids is 1. The molecule has 0 saturated heterocycles. The molecule has 1 fully saturated rings. The summed E-state index contributed by atoms with van der Waals surface area (Å²) in [6, 6.07) is 0. The second kappa shape index (κ2) is 13.9. The van der Waals surface area contributed by atoms with Crippen molar-refractivity contribution in [1.29, 1.82) is 0 Å². The summed E-state index contributed by atoms with van der Waals surface area (Å²) in [7, 11) is 0. The zero-order valence-corrected chi connectivity index (χ0v) is 16.5. The number of unbranched alkanes of at least 4 members (excludes halogenated alkanes) is 6. The molecule has 1 saturated carbocycles. The lowest BCUT2D eigenvalue weighted by molar-refractivity contribution is -0.267. The van der Waals surface area contributed by atoms with E-state index in [1.807, 2.05) is 6.08 Å². The molecule has 0 spiro atoms. The smallest absolute Gasteiger partial charge is 0.303 e. The van der Waals surface area contributed by atoms with Crippen molar-refractivity contribution in [2.75, 3.05) is 0 Å². The van der Waals surface area contributed by atoms with Gasteiger partial charge in [-0.15, -0.1) is 0 Å². The third-order valence-corrected chi connectivity index (χ3v) is 5.41. The van der Waals surface area contributed by atoms with Gasteiger partial charge in [0.05, 0.1) is 6.10 Å². The van der Waals surface area contributed by atoms with E-state index in [1.165, 1.54) is 0 Å².